The molecule has 126 valence electrons. The molecule has 0 saturated heterocycles. The molecule has 0 spiro atoms. The molecule has 5 nitrogen and oxygen atoms in total. The van der Waals surface area contributed by atoms with Gasteiger partial charge < -0.3 is 15.4 Å². The number of carbonyl (C=O) groups excluding carboxylic acids is 2. The SMILES string of the molecule is Cc1cccc(NC(=O)COCC(=O)Nc2c(C)cccc2C)c1. The average molecular weight is 326 g/mol. The standard InChI is InChI=1S/C19H22N2O3/c1-13-6-4-9-16(10-13)20-17(22)11-24-12-18(23)21-19-14(2)7-5-8-15(19)3/h4-10H,11-12H2,1-3H3,(H,20,22)(H,21,23). The van der Waals surface area contributed by atoms with Crippen molar-refractivity contribution in [2.45, 2.75) is 20.8 Å². The highest BCUT2D eigenvalue weighted by molar-refractivity contribution is 5.94. The van der Waals surface area contributed by atoms with Crippen molar-refractivity contribution in [3.05, 3.63) is 59.2 Å². The van der Waals surface area contributed by atoms with Crippen LogP contribution in [-0.4, -0.2) is 25.0 Å². The fourth-order valence-electron chi connectivity index (χ4n) is 2.34. The summed E-state index contributed by atoms with van der Waals surface area (Å²) in [6, 6.07) is 13.3. The molecule has 0 atom stereocenters. The number of hydrogen-bond donors (Lipinski definition) is 2. The molecular weight excluding hydrogens is 304 g/mol. The molecule has 0 heterocycles. The Morgan fingerprint density at radius 2 is 1.46 bits per heavy atom. The van der Waals surface area contributed by atoms with E-state index in [1.807, 2.05) is 57.2 Å². The molecule has 2 rings (SSSR count). The summed E-state index contributed by atoms with van der Waals surface area (Å²) >= 11 is 0. The number of ether oxygens (including phenoxy) is 1. The summed E-state index contributed by atoms with van der Waals surface area (Å²) in [5.41, 5.74) is 4.53. The lowest BCUT2D eigenvalue weighted by Gasteiger charge is -2.11. The first kappa shape index (κ1) is 17.7. The van der Waals surface area contributed by atoms with Crippen molar-refractivity contribution in [1.82, 2.24) is 0 Å². The first-order chi connectivity index (χ1) is 11.5. The third-order valence-electron chi connectivity index (χ3n) is 3.51. The number of hydrogen-bond acceptors (Lipinski definition) is 3. The number of amides is 2. The fraction of sp³-hybridized carbons (Fsp3) is 0.263. The first-order valence-electron chi connectivity index (χ1n) is 7.76. The summed E-state index contributed by atoms with van der Waals surface area (Å²) in [5, 5.41) is 5.54. The molecule has 24 heavy (non-hydrogen) atoms. The number of anilines is 2. The number of benzene rings is 2. The highest BCUT2D eigenvalue weighted by Gasteiger charge is 2.09. The number of rotatable bonds is 6. The highest BCUT2D eigenvalue weighted by atomic mass is 16.5. The monoisotopic (exact) mass is 326 g/mol. The van der Waals surface area contributed by atoms with Crippen molar-refractivity contribution >= 4 is 23.2 Å². The highest BCUT2D eigenvalue weighted by Crippen LogP contribution is 2.19. The predicted molar refractivity (Wildman–Crippen MR) is 95.2 cm³/mol. The Kier molecular flexibility index (Phi) is 6.09. The largest absolute Gasteiger partial charge is 0.362 e. The minimum atomic E-state index is -0.291. The Labute approximate surface area is 142 Å². The minimum Gasteiger partial charge on any atom is -0.362 e. The van der Waals surface area contributed by atoms with Crippen LogP contribution in [0, 0.1) is 20.8 Å². The Hall–Kier alpha value is -2.66. The van der Waals surface area contributed by atoms with E-state index in [9.17, 15) is 9.59 Å². The molecule has 0 unspecified atom stereocenters. The van der Waals surface area contributed by atoms with Crippen LogP contribution in [0.15, 0.2) is 42.5 Å². The van der Waals surface area contributed by atoms with Crippen LogP contribution in [0.1, 0.15) is 16.7 Å². The zero-order chi connectivity index (χ0) is 17.5. The zero-order valence-corrected chi connectivity index (χ0v) is 14.2. The molecule has 2 aromatic rings. The molecular formula is C19H22N2O3. The van der Waals surface area contributed by atoms with Gasteiger partial charge >= 0.3 is 0 Å². The van der Waals surface area contributed by atoms with Crippen molar-refractivity contribution in [3.8, 4) is 0 Å². The van der Waals surface area contributed by atoms with Gasteiger partial charge in [-0.15, -0.1) is 0 Å². The van der Waals surface area contributed by atoms with Gasteiger partial charge in [0.2, 0.25) is 11.8 Å². The summed E-state index contributed by atoms with van der Waals surface area (Å²) < 4.78 is 5.19. The molecule has 0 saturated carbocycles. The summed E-state index contributed by atoms with van der Waals surface area (Å²) in [4.78, 5) is 23.7. The molecule has 2 N–H and O–H groups in total. The lowest BCUT2D eigenvalue weighted by molar-refractivity contribution is -0.125. The van der Waals surface area contributed by atoms with E-state index in [4.69, 9.17) is 4.74 Å². The molecule has 0 bridgehead atoms. The molecule has 2 aromatic carbocycles. The Bertz CT molecular complexity index is 721. The van der Waals surface area contributed by atoms with Crippen molar-refractivity contribution < 1.29 is 14.3 Å². The Morgan fingerprint density at radius 1 is 0.875 bits per heavy atom. The van der Waals surface area contributed by atoms with Crippen LogP contribution >= 0.6 is 0 Å². The number of nitrogens with one attached hydrogen (secondary N) is 2. The third-order valence-corrected chi connectivity index (χ3v) is 3.51. The normalized spacial score (nSPS) is 10.3. The van der Waals surface area contributed by atoms with Gasteiger partial charge in [0, 0.05) is 11.4 Å². The van der Waals surface area contributed by atoms with Crippen molar-refractivity contribution in [3.63, 3.8) is 0 Å². The average Bonchev–Trinajstić information content (AvgIpc) is 2.51. The van der Waals surface area contributed by atoms with Gasteiger partial charge in [-0.25, -0.2) is 0 Å². The van der Waals surface area contributed by atoms with E-state index in [0.717, 1.165) is 22.4 Å². The van der Waals surface area contributed by atoms with E-state index in [-0.39, 0.29) is 25.0 Å². The van der Waals surface area contributed by atoms with E-state index in [1.165, 1.54) is 0 Å². The smallest absolute Gasteiger partial charge is 0.250 e. The summed E-state index contributed by atoms with van der Waals surface area (Å²) in [6.07, 6.45) is 0. The van der Waals surface area contributed by atoms with Crippen LogP contribution in [0.5, 0.6) is 0 Å². The molecule has 0 aliphatic carbocycles. The number of para-hydroxylation sites is 1. The van der Waals surface area contributed by atoms with Gasteiger partial charge in [-0.1, -0.05) is 30.3 Å². The van der Waals surface area contributed by atoms with Gasteiger partial charge in [0.25, 0.3) is 0 Å². The van der Waals surface area contributed by atoms with Crippen molar-refractivity contribution in [2.24, 2.45) is 0 Å². The van der Waals surface area contributed by atoms with Gasteiger partial charge in [0.15, 0.2) is 0 Å². The molecule has 0 aliphatic heterocycles. The second-order valence-electron chi connectivity index (χ2n) is 5.73. The van der Waals surface area contributed by atoms with Crippen LogP contribution in [0.2, 0.25) is 0 Å². The second kappa shape index (κ2) is 8.26. The van der Waals surface area contributed by atoms with Crippen LogP contribution in [0.3, 0.4) is 0 Å². The maximum atomic E-state index is 11.9. The zero-order valence-electron chi connectivity index (χ0n) is 14.2. The van der Waals surface area contributed by atoms with E-state index in [2.05, 4.69) is 10.6 Å². The maximum Gasteiger partial charge on any atom is 0.250 e. The summed E-state index contributed by atoms with van der Waals surface area (Å²) in [7, 11) is 0. The summed E-state index contributed by atoms with van der Waals surface area (Å²) in [6.45, 7) is 5.46. The Morgan fingerprint density at radius 3 is 2.08 bits per heavy atom. The maximum absolute atomic E-state index is 11.9. The van der Waals surface area contributed by atoms with Crippen LogP contribution in [-0.2, 0) is 14.3 Å². The van der Waals surface area contributed by atoms with Crippen LogP contribution in [0.25, 0.3) is 0 Å². The van der Waals surface area contributed by atoms with E-state index in [1.54, 1.807) is 6.07 Å². The van der Waals surface area contributed by atoms with Gasteiger partial charge in [0.1, 0.15) is 13.2 Å². The summed E-state index contributed by atoms with van der Waals surface area (Å²) in [5.74, 6) is -0.573. The molecule has 0 radical (unpaired) electrons. The minimum absolute atomic E-state index is 0.172. The Balaban J connectivity index is 1.77. The van der Waals surface area contributed by atoms with E-state index < -0.39 is 0 Å². The van der Waals surface area contributed by atoms with Gasteiger partial charge in [-0.2, -0.15) is 0 Å². The predicted octanol–water partition coefficient (Wildman–Crippen LogP) is 3.21. The fourth-order valence-corrected chi connectivity index (χ4v) is 2.34. The topological polar surface area (TPSA) is 67.4 Å². The van der Waals surface area contributed by atoms with Crippen LogP contribution < -0.4 is 10.6 Å². The van der Waals surface area contributed by atoms with Crippen molar-refractivity contribution in [1.29, 1.82) is 0 Å². The molecule has 0 fully saturated rings. The quantitative estimate of drug-likeness (QED) is 0.856. The second-order valence-corrected chi connectivity index (χ2v) is 5.73. The van der Waals surface area contributed by atoms with Gasteiger partial charge in [0.05, 0.1) is 0 Å². The molecule has 0 aromatic heterocycles. The first-order valence-corrected chi connectivity index (χ1v) is 7.76. The third kappa shape index (κ3) is 5.21. The van der Waals surface area contributed by atoms with E-state index >= 15 is 0 Å². The molecule has 2 amide bonds. The lowest BCUT2D eigenvalue weighted by atomic mass is 10.1. The molecule has 5 heteroatoms. The van der Waals surface area contributed by atoms with Gasteiger partial charge in [-0.05, 0) is 49.6 Å². The number of aryl methyl sites for hydroxylation is 3. The molecule has 0 aliphatic rings. The van der Waals surface area contributed by atoms with Crippen LogP contribution in [0.4, 0.5) is 11.4 Å². The van der Waals surface area contributed by atoms with E-state index in [0.29, 0.717) is 5.69 Å². The van der Waals surface area contributed by atoms with Gasteiger partial charge in [-0.3, -0.25) is 9.59 Å². The van der Waals surface area contributed by atoms with Crippen molar-refractivity contribution in [2.75, 3.05) is 23.8 Å². The number of carbonyl (C=O) groups is 2. The lowest BCUT2D eigenvalue weighted by Crippen LogP contribution is -2.24.